The topological polar surface area (TPSA) is 566 Å². The number of H-pyrrole nitrogens is 1. The van der Waals surface area contributed by atoms with Crippen LogP contribution in [0.25, 0.3) is 11.2 Å². The number of unbranched alkanes of at least 4 members (excludes halogenated alkanes) is 8. The summed E-state index contributed by atoms with van der Waals surface area (Å²) in [7, 11) is 0. The summed E-state index contributed by atoms with van der Waals surface area (Å²) in [6, 6.07) is 7.82. The highest BCUT2D eigenvalue weighted by Crippen LogP contribution is 2.16. The third-order valence-electron chi connectivity index (χ3n) is 15.4. The summed E-state index contributed by atoms with van der Waals surface area (Å²) in [5, 5.41) is 91.0. The average Bonchev–Trinajstić information content (AvgIpc) is 0.806. The molecule has 0 fully saturated rings. The molecule has 0 radical (unpaired) electrons. The average molecular weight is 1510 g/mol. The number of hydrogen-bond donors (Lipinski definition) is 19. The Balaban J connectivity index is 1.01. The van der Waals surface area contributed by atoms with Crippen molar-refractivity contribution in [2.75, 3.05) is 74.0 Å². The van der Waals surface area contributed by atoms with Crippen LogP contribution < -0.4 is 69.8 Å². The number of carbonyl (C=O) groups is 12. The number of aromatic nitrogens is 4. The summed E-state index contributed by atoms with van der Waals surface area (Å²) in [5.41, 5.74) is 7.34. The van der Waals surface area contributed by atoms with Gasteiger partial charge >= 0.3 is 17.9 Å². The Hall–Kier alpha value is -10.8. The number of carboxylic acid groups (broad SMARTS) is 3. The van der Waals surface area contributed by atoms with Gasteiger partial charge in [0, 0.05) is 114 Å². The van der Waals surface area contributed by atoms with Gasteiger partial charge in [0.25, 0.3) is 11.5 Å². The second-order valence-electron chi connectivity index (χ2n) is 23.9. The number of carbonyl (C=O) groups excluding carboxylic acids is 9. The number of hydrogen-bond acceptors (Lipinski definition) is 23. The van der Waals surface area contributed by atoms with Gasteiger partial charge in [0.1, 0.15) is 18.1 Å². The number of nitrogens with two attached hydrogens (primary N) is 1. The van der Waals surface area contributed by atoms with E-state index in [1.165, 1.54) is 37.4 Å². The highest BCUT2D eigenvalue weighted by atomic mass is 32.1. The number of thiocarbonyl (C=S) groups is 2. The van der Waals surface area contributed by atoms with Crippen LogP contribution in [-0.2, 0) is 59.3 Å². The Kier molecular flexibility index (Phi) is 39.1. The van der Waals surface area contributed by atoms with Crippen LogP contribution in [0.1, 0.15) is 151 Å². The smallest absolute Gasteiger partial charge is 0.326 e. The van der Waals surface area contributed by atoms with Gasteiger partial charge in [0.15, 0.2) is 21.4 Å². The largest absolute Gasteiger partial charge is 0.481 e. The molecule has 0 saturated heterocycles. The maximum atomic E-state index is 13.3. The van der Waals surface area contributed by atoms with Crippen molar-refractivity contribution in [3.05, 3.63) is 76.3 Å². The molecule has 20 N–H and O–H groups in total. The molecule has 0 unspecified atom stereocenters. The lowest BCUT2D eigenvalue weighted by Gasteiger charge is -2.22. The number of amides is 9. The van der Waals surface area contributed by atoms with Crippen molar-refractivity contribution < 1.29 is 88.5 Å². The number of carboxylic acids is 3. The van der Waals surface area contributed by atoms with Crippen LogP contribution >= 0.6 is 24.4 Å². The van der Waals surface area contributed by atoms with E-state index in [1.54, 1.807) is 24.3 Å². The molecule has 0 spiro atoms. The molecule has 2 aromatic heterocycles. The van der Waals surface area contributed by atoms with Crippen LogP contribution in [0.4, 0.5) is 23.0 Å². The molecule has 2 aromatic carbocycles. The van der Waals surface area contributed by atoms with E-state index in [1.807, 2.05) is 0 Å². The van der Waals surface area contributed by atoms with Gasteiger partial charge in [-0.2, -0.15) is 4.98 Å². The number of nitrogens with one attached hydrogen (secondary N) is 12. The second-order valence-corrected chi connectivity index (χ2v) is 24.8. The van der Waals surface area contributed by atoms with Gasteiger partial charge < -0.3 is 79.5 Å². The molecule has 0 aliphatic rings. The van der Waals surface area contributed by atoms with E-state index in [0.29, 0.717) is 151 Å². The van der Waals surface area contributed by atoms with Gasteiger partial charge in [-0.15, -0.1) is 0 Å². The predicted octanol–water partition coefficient (Wildman–Crippen LogP) is 1.33. The third-order valence-corrected chi connectivity index (χ3v) is 15.9. The van der Waals surface area contributed by atoms with Crippen molar-refractivity contribution in [3.8, 4) is 0 Å². The molecule has 4 aromatic rings. The van der Waals surface area contributed by atoms with Gasteiger partial charge in [-0.05, 0) is 156 Å². The van der Waals surface area contributed by atoms with Crippen LogP contribution in [0.15, 0.2) is 59.5 Å². The summed E-state index contributed by atoms with van der Waals surface area (Å²) in [4.78, 5) is 175. The molecule has 2 heterocycles. The Morgan fingerprint density at radius 3 is 1.46 bits per heavy atom. The fourth-order valence-corrected chi connectivity index (χ4v) is 10.1. The van der Waals surface area contributed by atoms with Crippen LogP contribution in [0.3, 0.4) is 0 Å². The number of fused-ring (bicyclic) bond motifs is 1. The lowest BCUT2D eigenvalue weighted by Crippen LogP contribution is -2.55. The molecular weight excluding hydrogens is 1410 g/mol. The van der Waals surface area contributed by atoms with Crippen molar-refractivity contribution in [2.45, 2.75) is 160 Å². The minimum atomic E-state index is -1.82. The molecular formula is C65H93N19O19S2. The minimum Gasteiger partial charge on any atom is -0.481 e. The highest BCUT2D eigenvalue weighted by molar-refractivity contribution is 7.80. The first kappa shape index (κ1) is 86.6. The van der Waals surface area contributed by atoms with E-state index < -0.39 is 109 Å². The molecule has 38 nitrogen and oxygen atoms in total. The van der Waals surface area contributed by atoms with E-state index in [9.17, 15) is 93.3 Å². The van der Waals surface area contributed by atoms with E-state index in [0.717, 1.165) is 0 Å². The maximum absolute atomic E-state index is 13.3. The number of aromatic amines is 1. The second kappa shape index (κ2) is 47.4. The SMILES string of the molecule is CC(=O)N(O)CCCCCNC(=O)CCC(=O)N(O)CCCCCNC(=O)CCC(=O)N(O)CCCCCNC(=S)Nc1ccc(NC(=S)NCCCCCNC(=O)[C@H](CC(=O)O)NC(=O)[C@H](CC(=O)O)NC(=O)CC[C@H](NC(=O)c2ccc(NCc3cnc4nc(N)[nH]c(=O)c4n3)cc2)C(=O)O)cc1. The lowest BCUT2D eigenvalue weighted by atomic mass is 10.1. The molecule has 9 amide bonds. The van der Waals surface area contributed by atoms with Crippen molar-refractivity contribution in [1.29, 1.82) is 0 Å². The number of benzene rings is 2. The molecule has 574 valence electrons. The van der Waals surface area contributed by atoms with Crippen molar-refractivity contribution >= 4 is 140 Å². The van der Waals surface area contributed by atoms with Crippen molar-refractivity contribution in [2.24, 2.45) is 0 Å². The Morgan fingerprint density at radius 2 is 0.971 bits per heavy atom. The summed E-state index contributed by atoms with van der Waals surface area (Å²) < 4.78 is 0. The Bertz CT molecular complexity index is 3670. The molecule has 0 aliphatic heterocycles. The summed E-state index contributed by atoms with van der Waals surface area (Å²) in [5.74, 6) is -10.9. The molecule has 4 rings (SSSR count). The van der Waals surface area contributed by atoms with Crippen LogP contribution in [0.2, 0.25) is 0 Å². The number of anilines is 4. The molecule has 0 saturated carbocycles. The molecule has 0 aliphatic carbocycles. The number of rotatable bonds is 49. The minimum absolute atomic E-state index is 0.0195. The Labute approximate surface area is 613 Å². The number of aliphatic carboxylic acids is 3. The first-order chi connectivity index (χ1) is 50.1. The maximum Gasteiger partial charge on any atom is 0.326 e. The quantitative estimate of drug-likeness (QED) is 0.0128. The molecule has 40 heteroatoms. The first-order valence-electron chi connectivity index (χ1n) is 34.0. The molecule has 0 bridgehead atoms. The zero-order chi connectivity index (χ0) is 77.2. The zero-order valence-corrected chi connectivity index (χ0v) is 59.6. The fourth-order valence-electron chi connectivity index (χ4n) is 9.65. The first-order valence-corrected chi connectivity index (χ1v) is 34.8. The zero-order valence-electron chi connectivity index (χ0n) is 58.0. The Morgan fingerprint density at radius 1 is 0.514 bits per heavy atom. The standard InChI is InChI=1S/C65H93N19O19S2/c1-40(85)82(101)33-11-3-8-28-67-49(86)24-26-52(89)83(102)34-12-4-9-29-68-50(87)25-27-53(90)84(103)35-13-5-10-32-71-65(105)76-44-20-18-43(19-21-44)75-64(104)70-31-7-2-6-30-69-59(96)47(36-54(91)92)79-60(97)48(37-55(93)94)77-51(88)23-22-46(62(99)100)78-58(95)41-14-16-42(17-15-41)72-38-45-39-73-57-56(74-45)61(98)81-63(66)80-57/h14-21,39,46-48,72,101-103H,2-13,22-38H2,1H3,(H,67,86)(H,68,87)(H,69,96)(H,77,88)(H,78,95)(H,79,97)(H,91,92)(H,93,94)(H,99,100)(H2,70,75,104)(H2,71,76,105)(H3,66,73,80,81,98)/t46-,47-,48-/m0/s1. The summed E-state index contributed by atoms with van der Waals surface area (Å²) in [6.45, 7) is 3.43. The number of nitrogen functional groups attached to an aromatic ring is 1. The van der Waals surface area contributed by atoms with E-state index in [2.05, 4.69) is 78.4 Å². The monoisotopic (exact) mass is 1510 g/mol. The molecule has 105 heavy (non-hydrogen) atoms. The summed E-state index contributed by atoms with van der Waals surface area (Å²) in [6.07, 6.45) is 4.74. The van der Waals surface area contributed by atoms with E-state index >= 15 is 0 Å². The number of nitrogens with zero attached hydrogens (tertiary/aromatic N) is 6. The van der Waals surface area contributed by atoms with Crippen molar-refractivity contribution in [1.82, 2.24) is 77.7 Å². The van der Waals surface area contributed by atoms with Gasteiger partial charge in [0.2, 0.25) is 53.2 Å². The predicted molar refractivity (Wildman–Crippen MR) is 387 cm³/mol. The van der Waals surface area contributed by atoms with E-state index in [4.69, 9.17) is 30.2 Å². The van der Waals surface area contributed by atoms with Crippen LogP contribution in [0.5, 0.6) is 0 Å². The third kappa shape index (κ3) is 35.7. The van der Waals surface area contributed by atoms with Crippen LogP contribution in [0, 0.1) is 0 Å². The van der Waals surface area contributed by atoms with Gasteiger partial charge in [-0.1, -0.05) is 0 Å². The van der Waals surface area contributed by atoms with Gasteiger partial charge in [-0.25, -0.2) is 30.0 Å². The van der Waals surface area contributed by atoms with Gasteiger partial charge in [0.05, 0.1) is 31.3 Å². The normalized spacial score (nSPS) is 11.6. The van der Waals surface area contributed by atoms with Crippen LogP contribution in [-0.4, -0.2) is 218 Å². The van der Waals surface area contributed by atoms with Gasteiger partial charge in [-0.3, -0.25) is 78.1 Å². The van der Waals surface area contributed by atoms with Crippen molar-refractivity contribution in [3.63, 3.8) is 0 Å². The fraction of sp³-hybridized carbons (Fsp3) is 0.508. The lowest BCUT2D eigenvalue weighted by molar-refractivity contribution is -0.166. The van der Waals surface area contributed by atoms with E-state index in [-0.39, 0.29) is 92.9 Å². The molecule has 3 atom stereocenters. The number of hydroxylamine groups is 6. The summed E-state index contributed by atoms with van der Waals surface area (Å²) >= 11 is 10.8. The highest BCUT2D eigenvalue weighted by Gasteiger charge is 2.31.